The van der Waals surface area contributed by atoms with Crippen LogP contribution >= 0.6 is 0 Å². The van der Waals surface area contributed by atoms with Crippen LogP contribution in [0.1, 0.15) is 27.5 Å². The van der Waals surface area contributed by atoms with E-state index in [1.807, 2.05) is 17.0 Å². The summed E-state index contributed by atoms with van der Waals surface area (Å²) in [5, 5.41) is 0. The third-order valence-electron chi connectivity index (χ3n) is 3.82. The molecule has 1 aromatic heterocycles. The Morgan fingerprint density at radius 2 is 2.00 bits per heavy atom. The molecular formula is C16H17N3O. The van der Waals surface area contributed by atoms with Crippen LogP contribution in [0.3, 0.4) is 0 Å². The lowest BCUT2D eigenvalue weighted by molar-refractivity contribution is 0.0667. The Hall–Kier alpha value is -2.20. The summed E-state index contributed by atoms with van der Waals surface area (Å²) in [4.78, 5) is 18.4. The maximum absolute atomic E-state index is 12.6. The van der Waals surface area contributed by atoms with Crippen molar-refractivity contribution in [1.29, 1.82) is 0 Å². The molecule has 3 rings (SSSR count). The van der Waals surface area contributed by atoms with Crippen LogP contribution in [0.15, 0.2) is 48.8 Å². The molecule has 1 aliphatic heterocycles. The van der Waals surface area contributed by atoms with Crippen LogP contribution < -0.4 is 5.73 Å². The Kier molecular flexibility index (Phi) is 3.48. The number of carbonyl (C=O) groups excluding carboxylic acids is 1. The quantitative estimate of drug-likeness (QED) is 0.902. The second-order valence-corrected chi connectivity index (χ2v) is 4.93. The molecule has 0 bridgehead atoms. The SMILES string of the molecule is NCC1c2ccccc2CCN1C(=O)c1ccncc1. The average molecular weight is 267 g/mol. The van der Waals surface area contributed by atoms with Gasteiger partial charge in [-0.2, -0.15) is 0 Å². The van der Waals surface area contributed by atoms with E-state index in [9.17, 15) is 4.79 Å². The van der Waals surface area contributed by atoms with E-state index in [1.54, 1.807) is 24.5 Å². The molecule has 20 heavy (non-hydrogen) atoms. The Balaban J connectivity index is 1.94. The highest BCUT2D eigenvalue weighted by Gasteiger charge is 2.29. The van der Waals surface area contributed by atoms with Crippen LogP contribution in [0.5, 0.6) is 0 Å². The molecule has 0 fully saturated rings. The van der Waals surface area contributed by atoms with Crippen molar-refractivity contribution < 1.29 is 4.79 Å². The first-order valence-electron chi connectivity index (χ1n) is 6.80. The third kappa shape index (κ3) is 2.18. The highest BCUT2D eigenvalue weighted by molar-refractivity contribution is 5.94. The standard InChI is InChI=1S/C16H17N3O/c17-11-15-14-4-2-1-3-12(14)7-10-19(15)16(20)13-5-8-18-9-6-13/h1-6,8-9,15H,7,10-11,17H2. The number of amides is 1. The van der Waals surface area contributed by atoms with E-state index in [4.69, 9.17) is 5.73 Å². The van der Waals surface area contributed by atoms with E-state index in [2.05, 4.69) is 17.1 Å². The Morgan fingerprint density at radius 1 is 1.25 bits per heavy atom. The van der Waals surface area contributed by atoms with Crippen molar-refractivity contribution in [2.75, 3.05) is 13.1 Å². The van der Waals surface area contributed by atoms with Gasteiger partial charge < -0.3 is 10.6 Å². The minimum absolute atomic E-state index is 0.0253. The number of benzene rings is 1. The van der Waals surface area contributed by atoms with Gasteiger partial charge in [-0.15, -0.1) is 0 Å². The van der Waals surface area contributed by atoms with Crippen molar-refractivity contribution in [2.24, 2.45) is 5.73 Å². The molecule has 2 aromatic rings. The summed E-state index contributed by atoms with van der Waals surface area (Å²) in [6.45, 7) is 1.15. The van der Waals surface area contributed by atoms with Crippen molar-refractivity contribution >= 4 is 5.91 Å². The molecule has 0 saturated carbocycles. The van der Waals surface area contributed by atoms with Gasteiger partial charge in [0.2, 0.25) is 0 Å². The Morgan fingerprint density at radius 3 is 2.75 bits per heavy atom. The first-order chi connectivity index (χ1) is 9.81. The van der Waals surface area contributed by atoms with Gasteiger partial charge in [0.1, 0.15) is 0 Å². The fourth-order valence-electron chi connectivity index (χ4n) is 2.81. The van der Waals surface area contributed by atoms with Crippen molar-refractivity contribution in [3.05, 3.63) is 65.5 Å². The molecule has 102 valence electrons. The lowest BCUT2D eigenvalue weighted by Gasteiger charge is -2.36. The monoisotopic (exact) mass is 267 g/mol. The number of rotatable bonds is 2. The van der Waals surface area contributed by atoms with Crippen LogP contribution in [0.4, 0.5) is 0 Å². The van der Waals surface area contributed by atoms with Crippen molar-refractivity contribution in [3.8, 4) is 0 Å². The van der Waals surface area contributed by atoms with Gasteiger partial charge in [-0.25, -0.2) is 0 Å². The topological polar surface area (TPSA) is 59.2 Å². The van der Waals surface area contributed by atoms with Gasteiger partial charge in [-0.05, 0) is 29.7 Å². The molecule has 4 heteroatoms. The zero-order valence-corrected chi connectivity index (χ0v) is 11.2. The van der Waals surface area contributed by atoms with E-state index >= 15 is 0 Å². The van der Waals surface area contributed by atoms with Gasteiger partial charge in [-0.1, -0.05) is 24.3 Å². The maximum atomic E-state index is 12.6. The normalized spacial score (nSPS) is 17.6. The first kappa shape index (κ1) is 12.8. The fraction of sp³-hybridized carbons (Fsp3) is 0.250. The summed E-state index contributed by atoms with van der Waals surface area (Å²) in [7, 11) is 0. The Bertz CT molecular complexity index is 612. The van der Waals surface area contributed by atoms with Crippen molar-refractivity contribution in [3.63, 3.8) is 0 Å². The molecule has 0 aliphatic carbocycles. The molecule has 1 unspecified atom stereocenters. The zero-order chi connectivity index (χ0) is 13.9. The first-order valence-corrected chi connectivity index (χ1v) is 6.80. The van der Waals surface area contributed by atoms with Crippen LogP contribution in [0.2, 0.25) is 0 Å². The number of fused-ring (bicyclic) bond motifs is 1. The molecular weight excluding hydrogens is 250 g/mol. The van der Waals surface area contributed by atoms with Gasteiger partial charge in [0.25, 0.3) is 5.91 Å². The largest absolute Gasteiger partial charge is 0.330 e. The summed E-state index contributed by atoms with van der Waals surface area (Å²) in [5.74, 6) is 0.0253. The number of aromatic nitrogens is 1. The van der Waals surface area contributed by atoms with Gasteiger partial charge >= 0.3 is 0 Å². The van der Waals surface area contributed by atoms with Crippen LogP contribution in [-0.4, -0.2) is 28.9 Å². The predicted octanol–water partition coefficient (Wildman–Crippen LogP) is 1.78. The minimum atomic E-state index is -0.0411. The highest BCUT2D eigenvalue weighted by atomic mass is 16.2. The number of nitrogens with two attached hydrogens (primary N) is 1. The zero-order valence-electron chi connectivity index (χ0n) is 11.2. The van der Waals surface area contributed by atoms with Crippen LogP contribution in [-0.2, 0) is 6.42 Å². The van der Waals surface area contributed by atoms with Gasteiger partial charge in [-0.3, -0.25) is 9.78 Å². The molecule has 0 spiro atoms. The van der Waals surface area contributed by atoms with E-state index < -0.39 is 0 Å². The van der Waals surface area contributed by atoms with Crippen molar-refractivity contribution in [2.45, 2.75) is 12.5 Å². The summed E-state index contributed by atoms with van der Waals surface area (Å²) >= 11 is 0. The molecule has 4 nitrogen and oxygen atoms in total. The minimum Gasteiger partial charge on any atom is -0.330 e. The summed E-state index contributed by atoms with van der Waals surface area (Å²) in [5.41, 5.74) is 9.05. The molecule has 0 radical (unpaired) electrons. The molecule has 2 N–H and O–H groups in total. The highest BCUT2D eigenvalue weighted by Crippen LogP contribution is 2.29. The average Bonchev–Trinajstić information content (AvgIpc) is 2.54. The summed E-state index contributed by atoms with van der Waals surface area (Å²) in [6, 6.07) is 11.7. The van der Waals surface area contributed by atoms with Crippen molar-refractivity contribution in [1.82, 2.24) is 9.88 Å². The molecule has 0 saturated heterocycles. The number of pyridine rings is 1. The number of carbonyl (C=O) groups is 1. The van der Waals surface area contributed by atoms with E-state index in [1.165, 1.54) is 11.1 Å². The maximum Gasteiger partial charge on any atom is 0.254 e. The summed E-state index contributed by atoms with van der Waals surface area (Å²) in [6.07, 6.45) is 4.16. The van der Waals surface area contributed by atoms with E-state index in [-0.39, 0.29) is 11.9 Å². The summed E-state index contributed by atoms with van der Waals surface area (Å²) < 4.78 is 0. The third-order valence-corrected chi connectivity index (χ3v) is 3.82. The van der Waals surface area contributed by atoms with Gasteiger partial charge in [0, 0.05) is 31.0 Å². The number of nitrogens with zero attached hydrogens (tertiary/aromatic N) is 2. The second-order valence-electron chi connectivity index (χ2n) is 4.93. The Labute approximate surface area is 118 Å². The molecule has 1 amide bonds. The number of hydrogen-bond donors (Lipinski definition) is 1. The second kappa shape index (κ2) is 5.43. The van der Waals surface area contributed by atoms with Crippen LogP contribution in [0, 0.1) is 0 Å². The smallest absolute Gasteiger partial charge is 0.254 e. The molecule has 2 heterocycles. The van der Waals surface area contributed by atoms with Gasteiger partial charge in [0.15, 0.2) is 0 Å². The van der Waals surface area contributed by atoms with E-state index in [0.29, 0.717) is 18.7 Å². The predicted molar refractivity (Wildman–Crippen MR) is 77.2 cm³/mol. The lowest BCUT2D eigenvalue weighted by Crippen LogP contribution is -2.43. The molecule has 1 aromatic carbocycles. The van der Waals surface area contributed by atoms with Gasteiger partial charge in [0.05, 0.1) is 6.04 Å². The number of hydrogen-bond acceptors (Lipinski definition) is 3. The van der Waals surface area contributed by atoms with E-state index in [0.717, 1.165) is 6.42 Å². The van der Waals surface area contributed by atoms with Crippen LogP contribution in [0.25, 0.3) is 0 Å². The lowest BCUT2D eigenvalue weighted by atomic mass is 9.92. The fourth-order valence-corrected chi connectivity index (χ4v) is 2.81. The molecule has 1 aliphatic rings. The molecule has 1 atom stereocenters.